The van der Waals surface area contributed by atoms with Crippen molar-refractivity contribution in [1.82, 2.24) is 0 Å². The van der Waals surface area contributed by atoms with Crippen LogP contribution in [0.2, 0.25) is 5.02 Å². The van der Waals surface area contributed by atoms with Gasteiger partial charge < -0.3 is 9.84 Å². The Morgan fingerprint density at radius 3 is 2.94 bits per heavy atom. The Morgan fingerprint density at radius 2 is 2.31 bits per heavy atom. The van der Waals surface area contributed by atoms with Crippen molar-refractivity contribution in [3.8, 4) is 5.75 Å². The lowest BCUT2D eigenvalue weighted by atomic mass is 10.3. The van der Waals surface area contributed by atoms with Gasteiger partial charge in [0.1, 0.15) is 5.75 Å². The van der Waals surface area contributed by atoms with Gasteiger partial charge in [0.2, 0.25) is 0 Å². The number of hydrogen-bond acceptors (Lipinski definition) is 3. The number of ether oxygens (including phenoxy) is 1. The molecule has 0 aliphatic rings. The van der Waals surface area contributed by atoms with Crippen LogP contribution >= 0.6 is 39.3 Å². The SMILES string of the molecule is CC(CO)SCCOc1ccc(Cl)cc1Br. The van der Waals surface area contributed by atoms with Gasteiger partial charge in [-0.15, -0.1) is 0 Å². The molecule has 16 heavy (non-hydrogen) atoms. The van der Waals surface area contributed by atoms with Crippen molar-refractivity contribution in [3.05, 3.63) is 27.7 Å². The fourth-order valence-electron chi connectivity index (χ4n) is 1.05. The van der Waals surface area contributed by atoms with Crippen molar-refractivity contribution in [1.29, 1.82) is 0 Å². The summed E-state index contributed by atoms with van der Waals surface area (Å²) in [7, 11) is 0. The average molecular weight is 326 g/mol. The van der Waals surface area contributed by atoms with Crippen molar-refractivity contribution >= 4 is 39.3 Å². The Hall–Kier alpha value is 0.1000. The number of rotatable bonds is 6. The second kappa shape index (κ2) is 7.43. The van der Waals surface area contributed by atoms with Gasteiger partial charge in [-0.3, -0.25) is 0 Å². The molecule has 0 spiro atoms. The molecule has 1 atom stereocenters. The molecule has 0 bridgehead atoms. The summed E-state index contributed by atoms with van der Waals surface area (Å²) in [4.78, 5) is 0. The summed E-state index contributed by atoms with van der Waals surface area (Å²) in [5, 5.41) is 9.79. The van der Waals surface area contributed by atoms with Crippen LogP contribution in [0.1, 0.15) is 6.92 Å². The highest BCUT2D eigenvalue weighted by molar-refractivity contribution is 9.10. The van der Waals surface area contributed by atoms with Crippen LogP contribution in [0.5, 0.6) is 5.75 Å². The Kier molecular flexibility index (Phi) is 6.58. The van der Waals surface area contributed by atoms with Gasteiger partial charge in [-0.05, 0) is 34.1 Å². The summed E-state index contributed by atoms with van der Waals surface area (Å²) in [5.41, 5.74) is 0. The fraction of sp³-hybridized carbons (Fsp3) is 0.455. The fourth-order valence-corrected chi connectivity index (χ4v) is 2.53. The summed E-state index contributed by atoms with van der Waals surface area (Å²) < 4.78 is 6.44. The molecule has 1 N–H and O–H groups in total. The highest BCUT2D eigenvalue weighted by Crippen LogP contribution is 2.28. The van der Waals surface area contributed by atoms with Crippen molar-refractivity contribution in [3.63, 3.8) is 0 Å². The molecule has 0 aromatic heterocycles. The summed E-state index contributed by atoms with van der Waals surface area (Å²) >= 11 is 10.9. The number of thioether (sulfide) groups is 1. The van der Waals surface area contributed by atoms with Crippen LogP contribution in [0, 0.1) is 0 Å². The molecule has 1 unspecified atom stereocenters. The van der Waals surface area contributed by atoms with Crippen molar-refractivity contribution in [2.75, 3.05) is 19.0 Å². The van der Waals surface area contributed by atoms with Gasteiger partial charge >= 0.3 is 0 Å². The second-order valence-corrected chi connectivity index (χ2v) is 6.12. The molecule has 0 saturated heterocycles. The third-order valence-electron chi connectivity index (χ3n) is 1.89. The Balaban J connectivity index is 2.32. The summed E-state index contributed by atoms with van der Waals surface area (Å²) in [6.45, 7) is 2.81. The predicted molar refractivity (Wildman–Crippen MR) is 73.7 cm³/mol. The zero-order valence-corrected chi connectivity index (χ0v) is 12.1. The van der Waals surface area contributed by atoms with Crippen molar-refractivity contribution in [2.24, 2.45) is 0 Å². The zero-order chi connectivity index (χ0) is 12.0. The summed E-state index contributed by atoms with van der Waals surface area (Å²) in [6.07, 6.45) is 0. The monoisotopic (exact) mass is 324 g/mol. The highest BCUT2D eigenvalue weighted by atomic mass is 79.9. The molecule has 2 nitrogen and oxygen atoms in total. The van der Waals surface area contributed by atoms with E-state index in [4.69, 9.17) is 21.4 Å². The minimum absolute atomic E-state index is 0.204. The van der Waals surface area contributed by atoms with Crippen LogP contribution < -0.4 is 4.74 Å². The van der Waals surface area contributed by atoms with E-state index in [2.05, 4.69) is 15.9 Å². The van der Waals surface area contributed by atoms with E-state index in [1.165, 1.54) is 0 Å². The first-order chi connectivity index (χ1) is 7.63. The quantitative estimate of drug-likeness (QED) is 0.810. The molecule has 5 heteroatoms. The highest BCUT2D eigenvalue weighted by Gasteiger charge is 2.03. The lowest BCUT2D eigenvalue weighted by Crippen LogP contribution is -2.07. The van der Waals surface area contributed by atoms with E-state index in [9.17, 15) is 0 Å². The van der Waals surface area contributed by atoms with E-state index in [0.717, 1.165) is 16.0 Å². The molecule has 90 valence electrons. The topological polar surface area (TPSA) is 29.5 Å². The van der Waals surface area contributed by atoms with Gasteiger partial charge in [0.15, 0.2) is 0 Å². The van der Waals surface area contributed by atoms with E-state index < -0.39 is 0 Å². The average Bonchev–Trinajstić information content (AvgIpc) is 2.26. The molecule has 0 aliphatic heterocycles. The molecular weight excluding hydrogens is 312 g/mol. The van der Waals surface area contributed by atoms with Gasteiger partial charge in [-0.2, -0.15) is 11.8 Å². The van der Waals surface area contributed by atoms with E-state index in [-0.39, 0.29) is 11.9 Å². The third-order valence-corrected chi connectivity index (χ3v) is 3.87. The first-order valence-corrected chi connectivity index (χ1v) is 7.15. The number of halogens is 2. The summed E-state index contributed by atoms with van der Waals surface area (Å²) in [6, 6.07) is 5.44. The Bertz CT molecular complexity index is 336. The van der Waals surface area contributed by atoms with Gasteiger partial charge in [0.25, 0.3) is 0 Å². The molecule has 1 rings (SSSR count). The van der Waals surface area contributed by atoms with Gasteiger partial charge in [0, 0.05) is 16.0 Å². The first-order valence-electron chi connectivity index (χ1n) is 4.94. The zero-order valence-electron chi connectivity index (χ0n) is 8.95. The Morgan fingerprint density at radius 1 is 1.56 bits per heavy atom. The van der Waals surface area contributed by atoms with Crippen LogP contribution in [-0.2, 0) is 0 Å². The smallest absolute Gasteiger partial charge is 0.133 e. The minimum atomic E-state index is 0.204. The van der Waals surface area contributed by atoms with Gasteiger partial charge in [-0.1, -0.05) is 18.5 Å². The maximum atomic E-state index is 8.84. The van der Waals surface area contributed by atoms with Crippen molar-refractivity contribution in [2.45, 2.75) is 12.2 Å². The predicted octanol–water partition coefficient (Wildman–Crippen LogP) is 3.60. The lowest BCUT2D eigenvalue weighted by molar-refractivity contribution is 0.299. The number of benzene rings is 1. The molecule has 0 radical (unpaired) electrons. The standard InChI is InChI=1S/C11H14BrClO2S/c1-8(7-14)16-5-4-15-11-3-2-9(13)6-10(11)12/h2-3,6,8,14H,4-5,7H2,1H3. The lowest BCUT2D eigenvalue weighted by Gasteiger charge is -2.10. The molecule has 0 saturated carbocycles. The van der Waals surface area contributed by atoms with Crippen molar-refractivity contribution < 1.29 is 9.84 Å². The van der Waals surface area contributed by atoms with Crippen LogP contribution in [0.15, 0.2) is 22.7 Å². The van der Waals surface area contributed by atoms with Crippen LogP contribution in [0.4, 0.5) is 0 Å². The van der Waals surface area contributed by atoms with E-state index >= 15 is 0 Å². The van der Waals surface area contributed by atoms with Crippen LogP contribution in [0.25, 0.3) is 0 Å². The molecule has 1 aromatic carbocycles. The molecule has 1 aromatic rings. The number of hydrogen-bond donors (Lipinski definition) is 1. The molecule has 0 heterocycles. The van der Waals surface area contributed by atoms with Gasteiger partial charge in [-0.25, -0.2) is 0 Å². The normalized spacial score (nSPS) is 12.5. The number of aliphatic hydroxyl groups is 1. The van der Waals surface area contributed by atoms with Gasteiger partial charge in [0.05, 0.1) is 17.7 Å². The second-order valence-electron chi connectivity index (χ2n) is 3.29. The van der Waals surface area contributed by atoms with E-state index in [1.54, 1.807) is 23.9 Å². The van der Waals surface area contributed by atoms with E-state index in [0.29, 0.717) is 11.6 Å². The molecule has 0 fully saturated rings. The molecule has 0 amide bonds. The van der Waals surface area contributed by atoms with Crippen LogP contribution in [-0.4, -0.2) is 29.3 Å². The maximum Gasteiger partial charge on any atom is 0.133 e. The number of aliphatic hydroxyl groups excluding tert-OH is 1. The Labute approximate surface area is 113 Å². The molecular formula is C11H14BrClO2S. The maximum absolute atomic E-state index is 8.84. The first kappa shape index (κ1) is 14.2. The largest absolute Gasteiger partial charge is 0.492 e. The summed E-state index contributed by atoms with van der Waals surface area (Å²) in [5.74, 6) is 1.65. The molecule has 0 aliphatic carbocycles. The third kappa shape index (κ3) is 4.95. The minimum Gasteiger partial charge on any atom is -0.492 e. The van der Waals surface area contributed by atoms with E-state index in [1.807, 2.05) is 13.0 Å². The van der Waals surface area contributed by atoms with Crippen LogP contribution in [0.3, 0.4) is 0 Å².